The Kier molecular flexibility index (Phi) is 5.78. The van der Waals surface area contributed by atoms with Gasteiger partial charge in [-0.2, -0.15) is 0 Å². The maximum absolute atomic E-state index is 12.2. The number of anilines is 3. The van der Waals surface area contributed by atoms with Crippen LogP contribution in [0.2, 0.25) is 0 Å². The predicted molar refractivity (Wildman–Crippen MR) is 109 cm³/mol. The fourth-order valence-corrected chi connectivity index (χ4v) is 3.10. The molecule has 0 saturated carbocycles. The number of nitrogens with zero attached hydrogens (tertiary/aromatic N) is 2. The lowest BCUT2D eigenvalue weighted by Crippen LogP contribution is -2.44. The van der Waals surface area contributed by atoms with E-state index in [2.05, 4.69) is 39.6 Å². The molecule has 1 heterocycles. The second kappa shape index (κ2) is 8.23. The standard InChI is InChI=1S/C21H28N4O/c1-16-4-5-17(2)20(14-16)23-21(26)15-22-18-6-8-19(9-7-18)25-12-10-24(3)11-13-25/h4-9,14,22H,10-13,15H2,1-3H3,(H,23,26). The summed E-state index contributed by atoms with van der Waals surface area (Å²) in [6, 6.07) is 14.4. The number of carbonyl (C=O) groups is 1. The van der Waals surface area contributed by atoms with Crippen LogP contribution in [0.15, 0.2) is 42.5 Å². The van der Waals surface area contributed by atoms with E-state index in [0.29, 0.717) is 0 Å². The van der Waals surface area contributed by atoms with Crippen LogP contribution >= 0.6 is 0 Å². The van der Waals surface area contributed by atoms with Crippen molar-refractivity contribution < 1.29 is 4.79 Å². The molecular weight excluding hydrogens is 324 g/mol. The van der Waals surface area contributed by atoms with E-state index in [0.717, 1.165) is 48.7 Å². The van der Waals surface area contributed by atoms with Crippen molar-refractivity contribution in [3.8, 4) is 0 Å². The van der Waals surface area contributed by atoms with Crippen LogP contribution in [0.3, 0.4) is 0 Å². The largest absolute Gasteiger partial charge is 0.376 e. The summed E-state index contributed by atoms with van der Waals surface area (Å²) in [6.45, 7) is 8.58. The normalized spacial score (nSPS) is 15.0. The molecule has 1 saturated heterocycles. The minimum Gasteiger partial charge on any atom is -0.376 e. The van der Waals surface area contributed by atoms with Crippen molar-refractivity contribution in [2.45, 2.75) is 13.8 Å². The van der Waals surface area contributed by atoms with Crippen LogP contribution in [0, 0.1) is 13.8 Å². The Balaban J connectivity index is 1.51. The van der Waals surface area contributed by atoms with E-state index in [-0.39, 0.29) is 12.5 Å². The molecule has 26 heavy (non-hydrogen) atoms. The first-order valence-electron chi connectivity index (χ1n) is 9.16. The van der Waals surface area contributed by atoms with Gasteiger partial charge in [0.1, 0.15) is 0 Å². The van der Waals surface area contributed by atoms with Gasteiger partial charge >= 0.3 is 0 Å². The molecule has 5 heteroatoms. The van der Waals surface area contributed by atoms with E-state index in [4.69, 9.17) is 0 Å². The fourth-order valence-electron chi connectivity index (χ4n) is 3.10. The number of benzene rings is 2. The monoisotopic (exact) mass is 352 g/mol. The van der Waals surface area contributed by atoms with Gasteiger partial charge in [0.25, 0.3) is 0 Å². The number of nitrogens with one attached hydrogen (secondary N) is 2. The third kappa shape index (κ3) is 4.76. The van der Waals surface area contributed by atoms with Crippen LogP contribution in [0.25, 0.3) is 0 Å². The van der Waals surface area contributed by atoms with Crippen LogP contribution in [0.4, 0.5) is 17.1 Å². The average Bonchev–Trinajstić information content (AvgIpc) is 2.64. The Bertz CT molecular complexity index is 749. The number of hydrogen-bond acceptors (Lipinski definition) is 4. The van der Waals surface area contributed by atoms with E-state index in [1.54, 1.807) is 0 Å². The number of hydrogen-bond donors (Lipinski definition) is 2. The van der Waals surface area contributed by atoms with Crippen molar-refractivity contribution in [1.82, 2.24) is 4.90 Å². The lowest BCUT2D eigenvalue weighted by molar-refractivity contribution is -0.114. The quantitative estimate of drug-likeness (QED) is 0.868. The zero-order chi connectivity index (χ0) is 18.5. The van der Waals surface area contributed by atoms with Gasteiger partial charge in [0.05, 0.1) is 6.54 Å². The van der Waals surface area contributed by atoms with Gasteiger partial charge in [0.2, 0.25) is 5.91 Å². The summed E-state index contributed by atoms with van der Waals surface area (Å²) in [5, 5.41) is 6.17. The number of aryl methyl sites for hydroxylation is 2. The van der Waals surface area contributed by atoms with E-state index in [1.807, 2.05) is 44.2 Å². The predicted octanol–water partition coefficient (Wildman–Crippen LogP) is 3.11. The lowest BCUT2D eigenvalue weighted by atomic mass is 10.1. The third-order valence-electron chi connectivity index (χ3n) is 4.86. The third-order valence-corrected chi connectivity index (χ3v) is 4.86. The molecule has 0 aromatic heterocycles. The molecule has 0 atom stereocenters. The van der Waals surface area contributed by atoms with Crippen LogP contribution in [0.5, 0.6) is 0 Å². The molecule has 2 aromatic rings. The van der Waals surface area contributed by atoms with Gasteiger partial charge in [-0.15, -0.1) is 0 Å². The van der Waals surface area contributed by atoms with E-state index in [9.17, 15) is 4.79 Å². The number of rotatable bonds is 5. The zero-order valence-electron chi connectivity index (χ0n) is 15.9. The molecule has 1 aliphatic heterocycles. The van der Waals surface area contributed by atoms with Gasteiger partial charge in [-0.3, -0.25) is 4.79 Å². The number of piperazine rings is 1. The Morgan fingerprint density at radius 2 is 1.69 bits per heavy atom. The van der Waals surface area contributed by atoms with Crippen molar-refractivity contribution in [1.29, 1.82) is 0 Å². The fraction of sp³-hybridized carbons (Fsp3) is 0.381. The maximum atomic E-state index is 12.2. The summed E-state index contributed by atoms with van der Waals surface area (Å²) < 4.78 is 0. The second-order valence-corrected chi connectivity index (χ2v) is 7.06. The number of amides is 1. The highest BCUT2D eigenvalue weighted by Crippen LogP contribution is 2.19. The number of carbonyl (C=O) groups excluding carboxylic acids is 1. The van der Waals surface area contributed by atoms with Crippen molar-refractivity contribution in [3.05, 3.63) is 53.6 Å². The van der Waals surface area contributed by atoms with E-state index in [1.165, 1.54) is 5.69 Å². The van der Waals surface area contributed by atoms with Crippen molar-refractivity contribution in [2.24, 2.45) is 0 Å². The maximum Gasteiger partial charge on any atom is 0.243 e. The lowest BCUT2D eigenvalue weighted by Gasteiger charge is -2.34. The smallest absolute Gasteiger partial charge is 0.243 e. The molecule has 138 valence electrons. The highest BCUT2D eigenvalue weighted by Gasteiger charge is 2.14. The summed E-state index contributed by atoms with van der Waals surface area (Å²) in [5.74, 6) is -0.0400. The summed E-state index contributed by atoms with van der Waals surface area (Å²) >= 11 is 0. The van der Waals surface area contributed by atoms with Gasteiger partial charge < -0.3 is 20.4 Å². The summed E-state index contributed by atoms with van der Waals surface area (Å²) in [7, 11) is 2.16. The molecule has 5 nitrogen and oxygen atoms in total. The molecule has 0 spiro atoms. The van der Waals surface area contributed by atoms with Crippen LogP contribution < -0.4 is 15.5 Å². The van der Waals surface area contributed by atoms with Crippen LogP contribution in [-0.4, -0.2) is 50.6 Å². The van der Waals surface area contributed by atoms with Crippen molar-refractivity contribution in [2.75, 3.05) is 55.3 Å². The molecule has 1 fully saturated rings. The van der Waals surface area contributed by atoms with Gasteiger partial charge in [-0.1, -0.05) is 12.1 Å². The molecule has 0 bridgehead atoms. The first kappa shape index (κ1) is 18.3. The van der Waals surface area contributed by atoms with E-state index >= 15 is 0 Å². The van der Waals surface area contributed by atoms with Crippen molar-refractivity contribution >= 4 is 23.0 Å². The molecule has 2 N–H and O–H groups in total. The van der Waals surface area contributed by atoms with Crippen molar-refractivity contribution in [3.63, 3.8) is 0 Å². The number of likely N-dealkylation sites (N-methyl/N-ethyl adjacent to an activating group) is 1. The van der Waals surface area contributed by atoms with Gasteiger partial charge in [0.15, 0.2) is 0 Å². The minimum atomic E-state index is -0.0400. The first-order valence-corrected chi connectivity index (χ1v) is 9.16. The Morgan fingerprint density at radius 1 is 1.00 bits per heavy atom. The van der Waals surface area contributed by atoms with Gasteiger partial charge in [-0.05, 0) is 62.4 Å². The summed E-state index contributed by atoms with van der Waals surface area (Å²) in [6.07, 6.45) is 0. The SMILES string of the molecule is Cc1ccc(C)c(NC(=O)CNc2ccc(N3CCN(C)CC3)cc2)c1. The Hall–Kier alpha value is -2.53. The molecular formula is C21H28N4O. The average molecular weight is 352 g/mol. The molecule has 2 aromatic carbocycles. The minimum absolute atomic E-state index is 0.0400. The summed E-state index contributed by atoms with van der Waals surface area (Å²) in [5.41, 5.74) is 5.28. The highest BCUT2D eigenvalue weighted by atomic mass is 16.1. The molecule has 0 radical (unpaired) electrons. The van der Waals surface area contributed by atoms with Crippen LogP contribution in [0.1, 0.15) is 11.1 Å². The molecule has 1 aliphatic rings. The second-order valence-electron chi connectivity index (χ2n) is 7.06. The van der Waals surface area contributed by atoms with E-state index < -0.39 is 0 Å². The van der Waals surface area contributed by atoms with Crippen LogP contribution in [-0.2, 0) is 4.79 Å². The highest BCUT2D eigenvalue weighted by molar-refractivity contribution is 5.94. The Morgan fingerprint density at radius 3 is 2.38 bits per heavy atom. The first-order chi connectivity index (χ1) is 12.5. The molecule has 1 amide bonds. The molecule has 0 unspecified atom stereocenters. The molecule has 0 aliphatic carbocycles. The zero-order valence-corrected chi connectivity index (χ0v) is 15.9. The van der Waals surface area contributed by atoms with Gasteiger partial charge in [0, 0.05) is 43.2 Å². The Labute approximate surface area is 156 Å². The molecule has 3 rings (SSSR count). The van der Waals surface area contributed by atoms with Gasteiger partial charge in [-0.25, -0.2) is 0 Å². The summed E-state index contributed by atoms with van der Waals surface area (Å²) in [4.78, 5) is 17.0. The topological polar surface area (TPSA) is 47.6 Å².